The van der Waals surface area contributed by atoms with Crippen LogP contribution in [-0.2, 0) is 16.6 Å². The molecule has 0 amide bonds. The minimum Gasteiger partial charge on any atom is -0.316 e. The summed E-state index contributed by atoms with van der Waals surface area (Å²) in [5.74, 6) is 0. The fourth-order valence-corrected chi connectivity index (χ4v) is 4.21. The standard InChI is InChI=1S/C13H15ClN2O2S2/c1-9-11(14)4-3-5-12(9)16-20(17,18)13-6-10(7-15-2)8-19-13/h3-6,8,15-16H,7H2,1-2H3. The van der Waals surface area contributed by atoms with Crippen LogP contribution in [-0.4, -0.2) is 15.5 Å². The van der Waals surface area contributed by atoms with Gasteiger partial charge in [0.05, 0.1) is 5.69 Å². The van der Waals surface area contributed by atoms with Crippen molar-refractivity contribution in [2.24, 2.45) is 0 Å². The molecule has 20 heavy (non-hydrogen) atoms. The lowest BCUT2D eigenvalue weighted by molar-refractivity contribution is 0.603. The Kier molecular flexibility index (Phi) is 4.70. The van der Waals surface area contributed by atoms with E-state index in [1.54, 1.807) is 31.2 Å². The summed E-state index contributed by atoms with van der Waals surface area (Å²) in [6.45, 7) is 2.42. The van der Waals surface area contributed by atoms with E-state index in [-0.39, 0.29) is 0 Å². The summed E-state index contributed by atoms with van der Waals surface area (Å²) in [5, 5.41) is 5.35. The molecule has 7 heteroatoms. The van der Waals surface area contributed by atoms with Crippen molar-refractivity contribution in [3.8, 4) is 0 Å². The molecule has 1 heterocycles. The zero-order chi connectivity index (χ0) is 14.8. The van der Waals surface area contributed by atoms with E-state index in [1.165, 1.54) is 11.3 Å². The van der Waals surface area contributed by atoms with Crippen molar-refractivity contribution in [3.05, 3.63) is 45.8 Å². The Labute approximate surface area is 127 Å². The Balaban J connectivity index is 2.28. The van der Waals surface area contributed by atoms with Crippen LogP contribution in [0.2, 0.25) is 5.02 Å². The molecule has 0 aliphatic rings. The second-order valence-corrected chi connectivity index (χ2v) is 7.55. The first kappa shape index (κ1) is 15.3. The number of hydrogen-bond donors (Lipinski definition) is 2. The molecule has 0 bridgehead atoms. The Morgan fingerprint density at radius 1 is 1.35 bits per heavy atom. The highest BCUT2D eigenvalue weighted by Gasteiger charge is 2.18. The summed E-state index contributed by atoms with van der Waals surface area (Å²) in [4.78, 5) is 0. The Bertz CT molecular complexity index is 711. The third kappa shape index (κ3) is 3.32. The predicted octanol–water partition coefficient (Wildman–Crippen LogP) is 3.23. The summed E-state index contributed by atoms with van der Waals surface area (Å²) in [6, 6.07) is 6.81. The predicted molar refractivity (Wildman–Crippen MR) is 84.1 cm³/mol. The van der Waals surface area contributed by atoms with Gasteiger partial charge in [-0.3, -0.25) is 4.72 Å². The van der Waals surface area contributed by atoms with E-state index in [0.717, 1.165) is 5.56 Å². The van der Waals surface area contributed by atoms with Gasteiger partial charge in [0.2, 0.25) is 0 Å². The van der Waals surface area contributed by atoms with E-state index < -0.39 is 10.0 Å². The molecule has 1 aromatic heterocycles. The molecule has 2 rings (SSSR count). The van der Waals surface area contributed by atoms with Crippen molar-refractivity contribution in [2.75, 3.05) is 11.8 Å². The monoisotopic (exact) mass is 330 g/mol. The molecule has 2 aromatic rings. The molecule has 1 aromatic carbocycles. The highest BCUT2D eigenvalue weighted by atomic mass is 35.5. The van der Waals surface area contributed by atoms with Gasteiger partial charge in [-0.05, 0) is 48.7 Å². The first-order valence-corrected chi connectivity index (χ1v) is 8.68. The Morgan fingerprint density at radius 2 is 2.10 bits per heavy atom. The van der Waals surface area contributed by atoms with Gasteiger partial charge in [-0.15, -0.1) is 11.3 Å². The summed E-state index contributed by atoms with van der Waals surface area (Å²) in [6.07, 6.45) is 0. The summed E-state index contributed by atoms with van der Waals surface area (Å²) < 4.78 is 27.5. The highest BCUT2D eigenvalue weighted by Crippen LogP contribution is 2.27. The van der Waals surface area contributed by atoms with E-state index in [1.807, 2.05) is 12.4 Å². The van der Waals surface area contributed by atoms with Crippen molar-refractivity contribution >= 4 is 38.6 Å². The van der Waals surface area contributed by atoms with Crippen LogP contribution in [0.3, 0.4) is 0 Å². The SMILES string of the molecule is CNCc1csc(S(=O)(=O)Nc2cccc(Cl)c2C)c1. The molecular formula is C13H15ClN2O2S2. The number of benzene rings is 1. The van der Waals surface area contributed by atoms with Crippen LogP contribution < -0.4 is 10.0 Å². The zero-order valence-electron chi connectivity index (χ0n) is 11.1. The number of sulfonamides is 1. The van der Waals surface area contributed by atoms with E-state index in [9.17, 15) is 8.42 Å². The molecule has 0 spiro atoms. The van der Waals surface area contributed by atoms with E-state index in [0.29, 0.717) is 27.0 Å². The van der Waals surface area contributed by atoms with E-state index >= 15 is 0 Å². The first-order chi connectivity index (χ1) is 9.44. The molecule has 0 aliphatic carbocycles. The number of thiophene rings is 1. The Hall–Kier alpha value is -1.08. The second kappa shape index (κ2) is 6.13. The number of hydrogen-bond acceptors (Lipinski definition) is 4. The van der Waals surface area contributed by atoms with Crippen LogP contribution >= 0.6 is 22.9 Å². The van der Waals surface area contributed by atoms with Gasteiger partial charge >= 0.3 is 0 Å². The fraction of sp³-hybridized carbons (Fsp3) is 0.231. The smallest absolute Gasteiger partial charge is 0.271 e. The molecular weight excluding hydrogens is 316 g/mol. The van der Waals surface area contributed by atoms with Gasteiger partial charge in [0.1, 0.15) is 4.21 Å². The van der Waals surface area contributed by atoms with Gasteiger partial charge in [0, 0.05) is 11.6 Å². The van der Waals surface area contributed by atoms with Crippen molar-refractivity contribution in [1.29, 1.82) is 0 Å². The largest absolute Gasteiger partial charge is 0.316 e. The number of halogens is 1. The van der Waals surface area contributed by atoms with Crippen molar-refractivity contribution in [2.45, 2.75) is 17.7 Å². The van der Waals surface area contributed by atoms with E-state index in [2.05, 4.69) is 10.0 Å². The van der Waals surface area contributed by atoms with Crippen LogP contribution in [0.4, 0.5) is 5.69 Å². The second-order valence-electron chi connectivity index (χ2n) is 4.32. The van der Waals surface area contributed by atoms with Gasteiger partial charge in [-0.1, -0.05) is 17.7 Å². The van der Waals surface area contributed by atoms with Crippen molar-refractivity contribution in [1.82, 2.24) is 5.32 Å². The number of anilines is 1. The normalized spacial score (nSPS) is 11.6. The van der Waals surface area contributed by atoms with E-state index in [4.69, 9.17) is 11.6 Å². The molecule has 0 atom stereocenters. The van der Waals surface area contributed by atoms with Gasteiger partial charge in [-0.25, -0.2) is 8.42 Å². The van der Waals surface area contributed by atoms with Gasteiger partial charge in [0.25, 0.3) is 10.0 Å². The summed E-state index contributed by atoms with van der Waals surface area (Å²) in [5.41, 5.74) is 2.16. The van der Waals surface area contributed by atoms with Crippen molar-refractivity contribution < 1.29 is 8.42 Å². The highest BCUT2D eigenvalue weighted by molar-refractivity contribution is 7.94. The lowest BCUT2D eigenvalue weighted by Crippen LogP contribution is -2.12. The minimum atomic E-state index is -3.57. The maximum absolute atomic E-state index is 12.3. The van der Waals surface area contributed by atoms with Crippen LogP contribution in [0.1, 0.15) is 11.1 Å². The lowest BCUT2D eigenvalue weighted by Gasteiger charge is -2.10. The first-order valence-electron chi connectivity index (χ1n) is 5.94. The fourth-order valence-electron chi connectivity index (χ4n) is 1.70. The quantitative estimate of drug-likeness (QED) is 0.885. The van der Waals surface area contributed by atoms with Crippen LogP contribution in [0, 0.1) is 6.92 Å². The molecule has 4 nitrogen and oxygen atoms in total. The molecule has 108 valence electrons. The molecule has 0 fully saturated rings. The molecule has 2 N–H and O–H groups in total. The van der Waals surface area contributed by atoms with Crippen LogP contribution in [0.5, 0.6) is 0 Å². The molecule has 0 saturated carbocycles. The molecule has 0 aliphatic heterocycles. The third-order valence-electron chi connectivity index (χ3n) is 2.79. The summed E-state index contributed by atoms with van der Waals surface area (Å²) in [7, 11) is -1.75. The van der Waals surface area contributed by atoms with Gasteiger partial charge < -0.3 is 5.32 Å². The average Bonchev–Trinajstić information content (AvgIpc) is 2.85. The molecule has 0 saturated heterocycles. The maximum Gasteiger partial charge on any atom is 0.271 e. The number of rotatable bonds is 5. The van der Waals surface area contributed by atoms with Gasteiger partial charge in [0.15, 0.2) is 0 Å². The van der Waals surface area contributed by atoms with Crippen molar-refractivity contribution in [3.63, 3.8) is 0 Å². The summed E-state index contributed by atoms with van der Waals surface area (Å²) >= 11 is 7.20. The maximum atomic E-state index is 12.3. The molecule has 0 unspecified atom stereocenters. The van der Waals surface area contributed by atoms with Gasteiger partial charge in [-0.2, -0.15) is 0 Å². The third-order valence-corrected chi connectivity index (χ3v) is 6.05. The topological polar surface area (TPSA) is 58.2 Å². The lowest BCUT2D eigenvalue weighted by atomic mass is 10.2. The molecule has 0 radical (unpaired) electrons. The van der Waals surface area contributed by atoms with Crippen LogP contribution in [0.25, 0.3) is 0 Å². The van der Waals surface area contributed by atoms with Crippen LogP contribution in [0.15, 0.2) is 33.9 Å². The number of nitrogens with one attached hydrogen (secondary N) is 2. The Morgan fingerprint density at radius 3 is 2.80 bits per heavy atom. The minimum absolute atomic E-state index is 0.294. The zero-order valence-corrected chi connectivity index (χ0v) is 13.5. The average molecular weight is 331 g/mol.